The molecule has 1 aliphatic carbocycles. The van der Waals surface area contributed by atoms with Crippen molar-refractivity contribution in [2.75, 3.05) is 19.8 Å². The second-order valence-corrected chi connectivity index (χ2v) is 10.4. The molecule has 1 amide bonds. The van der Waals surface area contributed by atoms with Gasteiger partial charge >= 0.3 is 6.09 Å². The van der Waals surface area contributed by atoms with Crippen molar-refractivity contribution in [3.8, 4) is 11.1 Å². The predicted octanol–water partition coefficient (Wildman–Crippen LogP) is 5.08. The number of nitrogens with zero attached hydrogens (tertiary/aromatic N) is 3. The Labute approximate surface area is 211 Å². The number of hydrogen-bond donors (Lipinski definition) is 0. The van der Waals surface area contributed by atoms with Crippen molar-refractivity contribution in [1.82, 2.24) is 14.7 Å². The van der Waals surface area contributed by atoms with Gasteiger partial charge in [0.2, 0.25) is 0 Å². The molecule has 0 radical (unpaired) electrons. The number of morpholine rings is 1. The van der Waals surface area contributed by atoms with Crippen molar-refractivity contribution in [2.24, 2.45) is 5.92 Å². The third kappa shape index (κ3) is 3.91. The van der Waals surface area contributed by atoms with Crippen LogP contribution < -0.4 is 0 Å². The average Bonchev–Trinajstić information content (AvgIpc) is 3.50. The molecule has 3 aliphatic rings. The number of ketones is 1. The van der Waals surface area contributed by atoms with Crippen molar-refractivity contribution in [1.29, 1.82) is 0 Å². The molecular weight excluding hydrogens is 454 g/mol. The number of hydrogen-bond acceptors (Lipinski definition) is 5. The first-order valence-corrected chi connectivity index (χ1v) is 12.8. The lowest BCUT2D eigenvalue weighted by molar-refractivity contribution is -0.0747. The fraction of sp³-hybridized carbons (Fsp3) is 0.414. The van der Waals surface area contributed by atoms with Crippen LogP contribution in [0.25, 0.3) is 11.1 Å². The van der Waals surface area contributed by atoms with Crippen LogP contribution in [-0.2, 0) is 9.47 Å². The van der Waals surface area contributed by atoms with Crippen molar-refractivity contribution in [3.05, 3.63) is 77.6 Å². The van der Waals surface area contributed by atoms with Crippen LogP contribution in [0.4, 0.5) is 4.79 Å². The molecule has 2 fully saturated rings. The maximum Gasteiger partial charge on any atom is 0.410 e. The van der Waals surface area contributed by atoms with Gasteiger partial charge in [0.05, 0.1) is 37.1 Å². The van der Waals surface area contributed by atoms with E-state index in [2.05, 4.69) is 29.4 Å². The van der Waals surface area contributed by atoms with Crippen LogP contribution in [0.15, 0.2) is 60.9 Å². The number of rotatable bonds is 5. The van der Waals surface area contributed by atoms with Crippen molar-refractivity contribution in [2.45, 2.75) is 50.7 Å². The van der Waals surface area contributed by atoms with Crippen molar-refractivity contribution < 1.29 is 19.1 Å². The molecule has 7 nitrogen and oxygen atoms in total. The Morgan fingerprint density at radius 3 is 2.19 bits per heavy atom. The molecule has 3 heterocycles. The van der Waals surface area contributed by atoms with Gasteiger partial charge < -0.3 is 9.47 Å². The number of Topliss-reactive ketones (excluding diaryl/α,β-unsaturated/α-hetero) is 1. The SMILES string of the molecule is CC(C)n1cc(C(=O)C2CC3COCC(C2)N3C(=O)OCC2c3ccccc3-c3ccccc32)cn1. The number of ether oxygens (including phenoxy) is 2. The number of fused-ring (bicyclic) bond motifs is 5. The summed E-state index contributed by atoms with van der Waals surface area (Å²) in [5, 5.41) is 4.33. The van der Waals surface area contributed by atoms with Crippen LogP contribution in [0.1, 0.15) is 60.1 Å². The lowest BCUT2D eigenvalue weighted by Crippen LogP contribution is -2.60. The Balaban J connectivity index is 1.15. The highest BCUT2D eigenvalue weighted by Gasteiger charge is 2.45. The van der Waals surface area contributed by atoms with E-state index < -0.39 is 0 Å². The summed E-state index contributed by atoms with van der Waals surface area (Å²) in [7, 11) is 0. The summed E-state index contributed by atoms with van der Waals surface area (Å²) in [4.78, 5) is 28.4. The molecule has 186 valence electrons. The topological polar surface area (TPSA) is 73.7 Å². The Morgan fingerprint density at radius 1 is 1.00 bits per heavy atom. The lowest BCUT2D eigenvalue weighted by atomic mass is 9.81. The minimum Gasteiger partial charge on any atom is -0.448 e. The van der Waals surface area contributed by atoms with E-state index in [4.69, 9.17) is 9.47 Å². The molecule has 6 rings (SSSR count). The number of amides is 1. The first kappa shape index (κ1) is 23.0. The minimum absolute atomic E-state index is 0.0223. The number of carbonyl (C=O) groups excluding carboxylic acids is 2. The fourth-order valence-electron chi connectivity index (χ4n) is 6.08. The van der Waals surface area contributed by atoms with Crippen molar-refractivity contribution in [3.63, 3.8) is 0 Å². The number of carbonyl (C=O) groups is 2. The molecule has 2 bridgehead atoms. The standard InChI is InChI=1S/C29H31N3O4/c1-18(2)31-14-20(13-30-31)28(33)19-11-21-15-35-16-22(12-19)32(21)29(34)36-17-27-25-9-5-3-7-23(25)24-8-4-6-10-26(24)27/h3-10,13-14,18-19,21-22,27H,11-12,15-17H2,1-2H3. The van der Waals surface area contributed by atoms with Gasteiger partial charge in [-0.3, -0.25) is 14.4 Å². The highest BCUT2D eigenvalue weighted by atomic mass is 16.6. The predicted molar refractivity (Wildman–Crippen MR) is 135 cm³/mol. The number of benzene rings is 2. The summed E-state index contributed by atoms with van der Waals surface area (Å²) >= 11 is 0. The molecule has 36 heavy (non-hydrogen) atoms. The molecular formula is C29H31N3O4. The molecule has 0 N–H and O–H groups in total. The highest BCUT2D eigenvalue weighted by Crippen LogP contribution is 2.44. The molecule has 7 heteroatoms. The van der Waals surface area contributed by atoms with E-state index >= 15 is 0 Å². The van der Waals surface area contributed by atoms with E-state index in [0.29, 0.717) is 38.2 Å². The number of piperidine rings is 1. The fourth-order valence-corrected chi connectivity index (χ4v) is 6.08. The molecule has 2 aromatic carbocycles. The second-order valence-electron chi connectivity index (χ2n) is 10.4. The van der Waals surface area contributed by atoms with E-state index in [1.54, 1.807) is 6.20 Å². The molecule has 2 unspecified atom stereocenters. The summed E-state index contributed by atoms with van der Waals surface area (Å²) in [6.45, 7) is 5.22. The molecule has 3 aromatic rings. The highest BCUT2D eigenvalue weighted by molar-refractivity contribution is 5.97. The van der Waals surface area contributed by atoms with Crippen LogP contribution in [0, 0.1) is 5.92 Å². The normalized spacial score (nSPS) is 22.9. The van der Waals surface area contributed by atoms with Crippen LogP contribution in [0.5, 0.6) is 0 Å². The smallest absolute Gasteiger partial charge is 0.410 e. The quantitative estimate of drug-likeness (QED) is 0.472. The van der Waals surface area contributed by atoms with Crippen LogP contribution in [0.2, 0.25) is 0 Å². The Morgan fingerprint density at radius 2 is 1.61 bits per heavy atom. The van der Waals surface area contributed by atoms with Gasteiger partial charge in [-0.05, 0) is 48.9 Å². The zero-order valence-electron chi connectivity index (χ0n) is 20.7. The molecule has 2 saturated heterocycles. The van der Waals surface area contributed by atoms with Gasteiger partial charge in [-0.2, -0.15) is 5.10 Å². The maximum atomic E-state index is 13.4. The zero-order valence-corrected chi connectivity index (χ0v) is 20.7. The summed E-state index contributed by atoms with van der Waals surface area (Å²) in [6.07, 6.45) is 4.33. The monoisotopic (exact) mass is 485 g/mol. The number of aromatic nitrogens is 2. The van der Waals surface area contributed by atoms with E-state index in [0.717, 1.165) is 0 Å². The summed E-state index contributed by atoms with van der Waals surface area (Å²) < 4.78 is 13.5. The van der Waals surface area contributed by atoms with Gasteiger partial charge in [-0.25, -0.2) is 4.79 Å². The van der Waals surface area contributed by atoms with Gasteiger partial charge in [0.15, 0.2) is 5.78 Å². The Hall–Kier alpha value is -3.45. The van der Waals surface area contributed by atoms with Gasteiger partial charge in [0, 0.05) is 24.1 Å². The van der Waals surface area contributed by atoms with E-state index in [1.165, 1.54) is 22.3 Å². The largest absolute Gasteiger partial charge is 0.448 e. The molecule has 2 atom stereocenters. The van der Waals surface area contributed by atoms with Gasteiger partial charge in [-0.1, -0.05) is 48.5 Å². The first-order chi connectivity index (χ1) is 17.5. The van der Waals surface area contributed by atoms with E-state index in [-0.39, 0.29) is 41.8 Å². The van der Waals surface area contributed by atoms with Crippen LogP contribution in [0.3, 0.4) is 0 Å². The summed E-state index contributed by atoms with van der Waals surface area (Å²) in [6, 6.07) is 16.5. The van der Waals surface area contributed by atoms with Gasteiger partial charge in [0.1, 0.15) is 6.61 Å². The van der Waals surface area contributed by atoms with E-state index in [1.807, 2.05) is 53.9 Å². The molecule has 0 saturated carbocycles. The molecule has 1 aromatic heterocycles. The third-order valence-corrected chi connectivity index (χ3v) is 7.85. The molecule has 2 aliphatic heterocycles. The average molecular weight is 486 g/mol. The first-order valence-electron chi connectivity index (χ1n) is 12.8. The lowest BCUT2D eigenvalue weighted by Gasteiger charge is -2.47. The van der Waals surface area contributed by atoms with E-state index in [9.17, 15) is 9.59 Å². The Bertz CT molecular complexity index is 1240. The zero-order chi connectivity index (χ0) is 24.8. The molecule has 0 spiro atoms. The van der Waals surface area contributed by atoms with Crippen LogP contribution in [-0.4, -0.2) is 58.5 Å². The summed E-state index contributed by atoms with van der Waals surface area (Å²) in [5.41, 5.74) is 5.45. The summed E-state index contributed by atoms with van der Waals surface area (Å²) in [5.74, 6) is -0.0219. The minimum atomic E-state index is -0.311. The van der Waals surface area contributed by atoms with Crippen molar-refractivity contribution >= 4 is 11.9 Å². The second kappa shape index (κ2) is 9.21. The van der Waals surface area contributed by atoms with Gasteiger partial charge in [0.25, 0.3) is 0 Å². The van der Waals surface area contributed by atoms with Crippen LogP contribution >= 0.6 is 0 Å². The third-order valence-electron chi connectivity index (χ3n) is 7.85. The maximum absolute atomic E-state index is 13.4. The van der Waals surface area contributed by atoms with Gasteiger partial charge in [-0.15, -0.1) is 0 Å². The Kier molecular flexibility index (Phi) is 5.88.